The van der Waals surface area contributed by atoms with Crippen molar-refractivity contribution in [1.29, 1.82) is 0 Å². The van der Waals surface area contributed by atoms with Gasteiger partial charge in [-0.25, -0.2) is 12.8 Å². The van der Waals surface area contributed by atoms with Crippen LogP contribution >= 0.6 is 0 Å². The van der Waals surface area contributed by atoms with Gasteiger partial charge in [-0.15, -0.1) is 0 Å². The zero-order valence-electron chi connectivity index (χ0n) is 13.0. The van der Waals surface area contributed by atoms with E-state index in [1.54, 1.807) is 24.3 Å². The van der Waals surface area contributed by atoms with Gasteiger partial charge in [0.05, 0.1) is 4.90 Å². The normalized spacial score (nSPS) is 14.2. The maximum atomic E-state index is 13.1. The van der Waals surface area contributed by atoms with Crippen molar-refractivity contribution in [3.63, 3.8) is 0 Å². The van der Waals surface area contributed by atoms with E-state index in [1.165, 1.54) is 19.1 Å². The molecular formula is C17H17FN2O3S. The zero-order chi connectivity index (χ0) is 17.3. The summed E-state index contributed by atoms with van der Waals surface area (Å²) >= 11 is 0. The molecule has 2 aromatic rings. The molecule has 0 spiro atoms. The number of halogens is 1. The molecule has 1 aliphatic rings. The Morgan fingerprint density at radius 2 is 1.71 bits per heavy atom. The number of carbonyl (C=O) groups excluding carboxylic acids is 1. The Kier molecular flexibility index (Phi) is 4.28. The molecule has 1 saturated carbocycles. The van der Waals surface area contributed by atoms with Gasteiger partial charge in [0.1, 0.15) is 5.82 Å². The van der Waals surface area contributed by atoms with E-state index in [1.807, 2.05) is 0 Å². The van der Waals surface area contributed by atoms with Gasteiger partial charge in [0, 0.05) is 17.3 Å². The van der Waals surface area contributed by atoms with Crippen LogP contribution in [0.4, 0.5) is 15.8 Å². The molecule has 1 aliphatic carbocycles. The highest BCUT2D eigenvalue weighted by molar-refractivity contribution is 7.92. The highest BCUT2D eigenvalue weighted by Crippen LogP contribution is 2.30. The van der Waals surface area contributed by atoms with E-state index in [-0.39, 0.29) is 16.7 Å². The number of hydrogen-bond donors (Lipinski definition) is 2. The highest BCUT2D eigenvalue weighted by atomic mass is 32.2. The molecule has 2 N–H and O–H groups in total. The van der Waals surface area contributed by atoms with Crippen LogP contribution in [0.25, 0.3) is 0 Å². The third-order valence-electron chi connectivity index (χ3n) is 3.78. The molecule has 0 atom stereocenters. The Morgan fingerprint density at radius 1 is 1.08 bits per heavy atom. The predicted molar refractivity (Wildman–Crippen MR) is 89.7 cm³/mol. The number of carbonyl (C=O) groups is 1. The van der Waals surface area contributed by atoms with E-state index in [0.717, 1.165) is 18.9 Å². The monoisotopic (exact) mass is 348 g/mol. The number of sulfonamides is 1. The molecule has 0 heterocycles. The van der Waals surface area contributed by atoms with Crippen LogP contribution in [0.2, 0.25) is 0 Å². The number of amides is 1. The van der Waals surface area contributed by atoms with Crippen LogP contribution in [0.1, 0.15) is 18.4 Å². The molecule has 5 nitrogen and oxygen atoms in total. The first-order chi connectivity index (χ1) is 11.3. The average molecular weight is 348 g/mol. The fourth-order valence-electron chi connectivity index (χ4n) is 2.34. The lowest BCUT2D eigenvalue weighted by Gasteiger charge is -2.11. The SMILES string of the molecule is Cc1cc(F)ccc1S(=O)(=O)Nc1ccc(NC(=O)C2CC2)cc1. The number of rotatable bonds is 5. The lowest BCUT2D eigenvalue weighted by atomic mass is 10.2. The van der Waals surface area contributed by atoms with Gasteiger partial charge in [-0.3, -0.25) is 9.52 Å². The van der Waals surface area contributed by atoms with Crippen LogP contribution < -0.4 is 10.0 Å². The first kappa shape index (κ1) is 16.4. The predicted octanol–water partition coefficient (Wildman–Crippen LogP) is 3.28. The molecule has 0 bridgehead atoms. The number of hydrogen-bond acceptors (Lipinski definition) is 3. The molecule has 0 unspecified atom stereocenters. The van der Waals surface area contributed by atoms with Gasteiger partial charge in [0.25, 0.3) is 10.0 Å². The molecule has 0 radical (unpaired) electrons. The second-order valence-electron chi connectivity index (χ2n) is 5.86. The molecule has 0 aliphatic heterocycles. The van der Waals surface area contributed by atoms with Crippen molar-refractivity contribution in [2.24, 2.45) is 5.92 Å². The summed E-state index contributed by atoms with van der Waals surface area (Å²) in [5, 5.41) is 2.78. The van der Waals surface area contributed by atoms with Gasteiger partial charge in [-0.2, -0.15) is 0 Å². The number of anilines is 2. The fraction of sp³-hybridized carbons (Fsp3) is 0.235. The summed E-state index contributed by atoms with van der Waals surface area (Å²) in [5.41, 5.74) is 1.31. The van der Waals surface area contributed by atoms with E-state index in [9.17, 15) is 17.6 Å². The van der Waals surface area contributed by atoms with Crippen LogP contribution in [-0.2, 0) is 14.8 Å². The Bertz CT molecular complexity index is 875. The lowest BCUT2D eigenvalue weighted by Crippen LogP contribution is -2.15. The van der Waals surface area contributed by atoms with Gasteiger partial charge < -0.3 is 5.32 Å². The quantitative estimate of drug-likeness (QED) is 0.871. The van der Waals surface area contributed by atoms with E-state index in [0.29, 0.717) is 16.9 Å². The zero-order valence-corrected chi connectivity index (χ0v) is 13.9. The molecule has 3 rings (SSSR count). The number of aryl methyl sites for hydroxylation is 1. The Balaban J connectivity index is 1.73. The average Bonchev–Trinajstić information content (AvgIpc) is 3.33. The third-order valence-corrected chi connectivity index (χ3v) is 5.32. The smallest absolute Gasteiger partial charge is 0.262 e. The van der Waals surface area contributed by atoms with Crippen molar-refractivity contribution in [1.82, 2.24) is 0 Å². The molecule has 24 heavy (non-hydrogen) atoms. The fourth-order valence-corrected chi connectivity index (χ4v) is 3.62. The van der Waals surface area contributed by atoms with Gasteiger partial charge in [0.15, 0.2) is 0 Å². The largest absolute Gasteiger partial charge is 0.326 e. The second kappa shape index (κ2) is 6.24. The minimum atomic E-state index is -3.80. The highest BCUT2D eigenvalue weighted by Gasteiger charge is 2.29. The summed E-state index contributed by atoms with van der Waals surface area (Å²) < 4.78 is 40.4. The van der Waals surface area contributed by atoms with Crippen molar-refractivity contribution in [3.05, 3.63) is 53.8 Å². The van der Waals surface area contributed by atoms with E-state index in [4.69, 9.17) is 0 Å². The van der Waals surface area contributed by atoms with Gasteiger partial charge >= 0.3 is 0 Å². The lowest BCUT2D eigenvalue weighted by molar-refractivity contribution is -0.117. The Morgan fingerprint density at radius 3 is 2.29 bits per heavy atom. The minimum absolute atomic E-state index is 0.00901. The van der Waals surface area contributed by atoms with Crippen LogP contribution in [0.3, 0.4) is 0 Å². The Labute approximate surface area is 139 Å². The summed E-state index contributed by atoms with van der Waals surface area (Å²) in [6.07, 6.45) is 1.83. The summed E-state index contributed by atoms with van der Waals surface area (Å²) in [6, 6.07) is 9.92. The summed E-state index contributed by atoms with van der Waals surface area (Å²) in [5.74, 6) is -0.392. The maximum absolute atomic E-state index is 13.1. The van der Waals surface area contributed by atoms with E-state index >= 15 is 0 Å². The molecule has 7 heteroatoms. The molecule has 126 valence electrons. The van der Waals surface area contributed by atoms with Crippen molar-refractivity contribution >= 4 is 27.3 Å². The van der Waals surface area contributed by atoms with Gasteiger partial charge in [-0.1, -0.05) is 0 Å². The van der Waals surface area contributed by atoms with Crippen molar-refractivity contribution in [3.8, 4) is 0 Å². The van der Waals surface area contributed by atoms with Crippen molar-refractivity contribution < 1.29 is 17.6 Å². The summed E-state index contributed by atoms with van der Waals surface area (Å²) in [4.78, 5) is 11.7. The first-order valence-electron chi connectivity index (χ1n) is 7.55. The summed E-state index contributed by atoms with van der Waals surface area (Å²) in [6.45, 7) is 1.54. The van der Waals surface area contributed by atoms with Crippen LogP contribution in [-0.4, -0.2) is 14.3 Å². The maximum Gasteiger partial charge on any atom is 0.262 e. The summed E-state index contributed by atoms with van der Waals surface area (Å²) in [7, 11) is -3.80. The van der Waals surface area contributed by atoms with Gasteiger partial charge in [-0.05, 0) is 67.8 Å². The number of nitrogens with one attached hydrogen (secondary N) is 2. The number of benzene rings is 2. The standard InChI is InChI=1S/C17H17FN2O3S/c1-11-10-13(18)4-9-16(11)24(22,23)20-15-7-5-14(6-8-15)19-17(21)12-2-3-12/h4-10,12,20H,2-3H2,1H3,(H,19,21). The topological polar surface area (TPSA) is 75.3 Å². The van der Waals surface area contributed by atoms with Gasteiger partial charge in [0.2, 0.25) is 5.91 Å². The van der Waals surface area contributed by atoms with Crippen LogP contribution in [0.5, 0.6) is 0 Å². The van der Waals surface area contributed by atoms with Crippen LogP contribution in [0.15, 0.2) is 47.4 Å². The molecule has 2 aromatic carbocycles. The van der Waals surface area contributed by atoms with Crippen molar-refractivity contribution in [2.45, 2.75) is 24.7 Å². The third kappa shape index (κ3) is 3.73. The minimum Gasteiger partial charge on any atom is -0.326 e. The molecule has 0 saturated heterocycles. The molecule has 1 fully saturated rings. The molecular weight excluding hydrogens is 331 g/mol. The molecule has 0 aromatic heterocycles. The van der Waals surface area contributed by atoms with Crippen LogP contribution in [0, 0.1) is 18.7 Å². The molecule has 1 amide bonds. The van der Waals surface area contributed by atoms with Crippen molar-refractivity contribution in [2.75, 3.05) is 10.0 Å². The first-order valence-corrected chi connectivity index (χ1v) is 9.03. The van der Waals surface area contributed by atoms with E-state index < -0.39 is 15.8 Å². The second-order valence-corrected chi connectivity index (χ2v) is 7.51. The van der Waals surface area contributed by atoms with E-state index in [2.05, 4.69) is 10.0 Å². The Hall–Kier alpha value is -2.41.